The first-order chi connectivity index (χ1) is 5.61. The second-order valence-corrected chi connectivity index (χ2v) is 7.92. The average molecular weight is 189 g/mol. The van der Waals surface area contributed by atoms with Gasteiger partial charge in [-0.25, -0.2) is 0 Å². The second kappa shape index (κ2) is 4.04. The Kier molecular flexibility index (Phi) is 3.51. The van der Waals surface area contributed by atoms with E-state index in [4.69, 9.17) is 0 Å². The van der Waals surface area contributed by atoms with Crippen LogP contribution in [0, 0.1) is 0 Å². The van der Waals surface area contributed by atoms with Crippen molar-refractivity contribution in [1.82, 2.24) is 9.34 Å². The maximum absolute atomic E-state index is 2.59. The fourth-order valence-corrected chi connectivity index (χ4v) is 4.94. The highest BCUT2D eigenvalue weighted by atomic mass is 31.2. The van der Waals surface area contributed by atoms with E-state index in [2.05, 4.69) is 37.0 Å². The number of rotatable bonds is 3. The molecule has 0 N–H and O–H groups in total. The first-order valence-electron chi connectivity index (χ1n) is 4.90. The van der Waals surface area contributed by atoms with E-state index >= 15 is 0 Å². The number of likely N-dealkylation sites (N-methyl/N-ethyl adjacent to an activating group) is 2. The van der Waals surface area contributed by atoms with Gasteiger partial charge in [0.25, 0.3) is 0 Å². The van der Waals surface area contributed by atoms with Crippen LogP contribution in [-0.4, -0.2) is 49.4 Å². The van der Waals surface area contributed by atoms with Crippen LogP contribution in [0.25, 0.3) is 0 Å². The van der Waals surface area contributed by atoms with E-state index in [1.807, 2.05) is 0 Å². The molecule has 1 saturated heterocycles. The lowest BCUT2D eigenvalue weighted by atomic mass is 10.4. The average Bonchev–Trinajstić information content (AvgIpc) is 2.30. The topological polar surface area (TPSA) is 6.48 Å². The van der Waals surface area contributed by atoms with Crippen molar-refractivity contribution in [3.63, 3.8) is 0 Å². The summed E-state index contributed by atoms with van der Waals surface area (Å²) in [6.07, 6.45) is 4.13. The van der Waals surface area contributed by atoms with E-state index in [-0.39, 0.29) is 0 Å². The maximum atomic E-state index is 2.59. The van der Waals surface area contributed by atoms with Crippen molar-refractivity contribution >= 4 is 7.56 Å². The van der Waals surface area contributed by atoms with Crippen molar-refractivity contribution in [1.29, 1.82) is 0 Å². The van der Waals surface area contributed by atoms with E-state index in [9.17, 15) is 0 Å². The van der Waals surface area contributed by atoms with Crippen LogP contribution in [0.4, 0.5) is 0 Å². The number of hydrogen-bond donors (Lipinski definition) is 0. The van der Waals surface area contributed by atoms with Gasteiger partial charge in [-0.2, -0.15) is 9.34 Å². The smallest absolute Gasteiger partial charge is 0.149 e. The van der Waals surface area contributed by atoms with Crippen LogP contribution in [0.3, 0.4) is 0 Å². The quantitative estimate of drug-likeness (QED) is 0.628. The summed E-state index contributed by atoms with van der Waals surface area (Å²) in [5, 5.41) is 0. The Balaban J connectivity index is 2.53. The highest BCUT2D eigenvalue weighted by Crippen LogP contribution is 2.63. The van der Waals surface area contributed by atoms with E-state index in [0.717, 1.165) is 0 Å². The summed E-state index contributed by atoms with van der Waals surface area (Å²) in [5.74, 6) is 0. The molecule has 1 fully saturated rings. The molecule has 0 aromatic carbocycles. The van der Waals surface area contributed by atoms with Gasteiger partial charge in [0, 0.05) is 14.1 Å². The molecule has 3 heteroatoms. The summed E-state index contributed by atoms with van der Waals surface area (Å²) in [6.45, 7) is 7.28. The van der Waals surface area contributed by atoms with Crippen LogP contribution in [0.1, 0.15) is 19.8 Å². The fourth-order valence-electron chi connectivity index (χ4n) is 1.78. The van der Waals surface area contributed by atoms with Gasteiger partial charge >= 0.3 is 0 Å². The molecule has 0 amide bonds. The third-order valence-electron chi connectivity index (χ3n) is 3.15. The van der Waals surface area contributed by atoms with Crippen LogP contribution in [-0.2, 0) is 0 Å². The van der Waals surface area contributed by atoms with Gasteiger partial charge in [0.1, 0.15) is 7.56 Å². The highest BCUT2D eigenvalue weighted by molar-refractivity contribution is 7.70. The van der Waals surface area contributed by atoms with E-state index < -0.39 is 7.56 Å². The summed E-state index contributed by atoms with van der Waals surface area (Å²) in [5.41, 5.74) is 0. The zero-order valence-corrected chi connectivity index (χ0v) is 9.77. The van der Waals surface area contributed by atoms with Crippen molar-refractivity contribution in [2.45, 2.75) is 19.8 Å². The molecule has 0 radical (unpaired) electrons. The van der Waals surface area contributed by atoms with Gasteiger partial charge in [-0.05, 0) is 6.42 Å². The molecule has 1 aliphatic rings. The van der Waals surface area contributed by atoms with Crippen molar-refractivity contribution in [2.24, 2.45) is 0 Å². The van der Waals surface area contributed by atoms with Crippen LogP contribution in [0.2, 0.25) is 0 Å². The summed E-state index contributed by atoms with van der Waals surface area (Å²) in [4.78, 5) is 0. The molecule has 0 spiro atoms. The van der Waals surface area contributed by atoms with Gasteiger partial charge in [0.15, 0.2) is 0 Å². The Morgan fingerprint density at radius 1 is 1.17 bits per heavy atom. The van der Waals surface area contributed by atoms with E-state index in [1.54, 1.807) is 0 Å². The Hall–Kier alpha value is 0.350. The Morgan fingerprint density at radius 2 is 1.67 bits per heavy atom. The second-order valence-electron chi connectivity index (χ2n) is 3.93. The zero-order valence-electron chi connectivity index (χ0n) is 8.88. The van der Waals surface area contributed by atoms with Crippen molar-refractivity contribution in [3.8, 4) is 0 Å². The Bertz CT molecular complexity index is 139. The summed E-state index contributed by atoms with van der Waals surface area (Å²) >= 11 is 0. The third-order valence-corrected chi connectivity index (χ3v) is 7.66. The molecular weight excluding hydrogens is 167 g/mol. The van der Waals surface area contributed by atoms with Gasteiger partial charge in [-0.15, -0.1) is 0 Å². The molecule has 1 rings (SSSR count). The van der Waals surface area contributed by atoms with Crippen molar-refractivity contribution in [2.75, 3.05) is 40.0 Å². The first-order valence-corrected chi connectivity index (χ1v) is 7.22. The summed E-state index contributed by atoms with van der Waals surface area (Å²) < 4.78 is 5.17. The van der Waals surface area contributed by atoms with E-state index in [1.165, 1.54) is 32.1 Å². The van der Waals surface area contributed by atoms with Gasteiger partial charge in [0.2, 0.25) is 0 Å². The number of unbranched alkanes of at least 4 members (excludes halogenated alkanes) is 1. The normalized spacial score (nSPS) is 25.0. The van der Waals surface area contributed by atoms with Gasteiger partial charge in [-0.3, -0.25) is 0 Å². The minimum Gasteiger partial charge on any atom is -0.166 e. The minimum atomic E-state index is -0.852. The van der Waals surface area contributed by atoms with Crippen LogP contribution >= 0.6 is 7.56 Å². The maximum Gasteiger partial charge on any atom is 0.149 e. The SMILES string of the molecule is CCCC[P+]1(C)N(C)CCN1C. The molecule has 0 bridgehead atoms. The Morgan fingerprint density at radius 3 is 2.08 bits per heavy atom. The molecule has 0 aromatic rings. The summed E-state index contributed by atoms with van der Waals surface area (Å²) in [7, 11) is 3.72. The lowest BCUT2D eigenvalue weighted by Crippen LogP contribution is -2.21. The van der Waals surface area contributed by atoms with Crippen molar-refractivity contribution < 1.29 is 0 Å². The van der Waals surface area contributed by atoms with Gasteiger partial charge < -0.3 is 0 Å². The predicted octanol–water partition coefficient (Wildman–Crippen LogP) is 2.14. The van der Waals surface area contributed by atoms with Gasteiger partial charge in [0.05, 0.1) is 25.9 Å². The monoisotopic (exact) mass is 189 g/mol. The lowest BCUT2D eigenvalue weighted by molar-refractivity contribution is 0.553. The first kappa shape index (κ1) is 10.4. The largest absolute Gasteiger partial charge is 0.166 e. The Labute approximate surface area is 77.4 Å². The van der Waals surface area contributed by atoms with Crippen LogP contribution in [0.5, 0.6) is 0 Å². The lowest BCUT2D eigenvalue weighted by Gasteiger charge is -2.28. The van der Waals surface area contributed by atoms with Crippen molar-refractivity contribution in [3.05, 3.63) is 0 Å². The molecule has 0 unspecified atom stereocenters. The number of nitrogens with zero attached hydrogens (tertiary/aromatic N) is 2. The standard InChI is InChI=1S/C9H22N2P/c1-5-6-9-12(4)10(2)7-8-11(12)3/h5-9H2,1-4H3/q+1. The zero-order chi connectivity index (χ0) is 9.19. The predicted molar refractivity (Wildman–Crippen MR) is 57.9 cm³/mol. The molecule has 72 valence electrons. The molecule has 0 atom stereocenters. The van der Waals surface area contributed by atoms with Crippen LogP contribution < -0.4 is 0 Å². The van der Waals surface area contributed by atoms with E-state index in [0.29, 0.717) is 0 Å². The molecule has 1 heterocycles. The molecule has 2 nitrogen and oxygen atoms in total. The van der Waals surface area contributed by atoms with Crippen LogP contribution in [0.15, 0.2) is 0 Å². The minimum absolute atomic E-state index is 0.852. The molecule has 0 aliphatic carbocycles. The number of hydrogen-bond acceptors (Lipinski definition) is 2. The molecule has 0 aromatic heterocycles. The molecule has 1 aliphatic heterocycles. The highest BCUT2D eigenvalue weighted by Gasteiger charge is 2.46. The fraction of sp³-hybridized carbons (Fsp3) is 1.00. The molecule has 12 heavy (non-hydrogen) atoms. The molecular formula is C9H22N2P+. The summed E-state index contributed by atoms with van der Waals surface area (Å²) in [6, 6.07) is 0. The van der Waals surface area contributed by atoms with Gasteiger partial charge in [-0.1, -0.05) is 13.3 Å². The third kappa shape index (κ3) is 1.81. The molecule has 0 saturated carbocycles.